The number of hydrogen-bond acceptors (Lipinski definition) is 4. The summed E-state index contributed by atoms with van der Waals surface area (Å²) in [6.45, 7) is 1.86. The lowest BCUT2D eigenvalue weighted by atomic mass is 10.0. The molecule has 134 valence electrons. The summed E-state index contributed by atoms with van der Waals surface area (Å²) in [5.41, 5.74) is 4.13. The van der Waals surface area contributed by atoms with Gasteiger partial charge in [0.15, 0.2) is 5.76 Å². The Labute approximate surface area is 157 Å². The molecule has 1 aromatic heterocycles. The molecule has 1 N–H and O–H groups in total. The van der Waals surface area contributed by atoms with E-state index in [1.54, 1.807) is 0 Å². The standard InChI is InChI=1S/C23H19NO3/c1-16-7-5-9-18(13-16)23-21(15-25)22(24-27-23)17-8-6-12-20(14-17)26-19-10-3-2-4-11-19/h2-14,25H,15H2,1H3. The van der Waals surface area contributed by atoms with Gasteiger partial charge in [-0.1, -0.05) is 59.3 Å². The number of benzene rings is 3. The van der Waals surface area contributed by atoms with Crippen molar-refractivity contribution in [1.82, 2.24) is 5.16 Å². The average Bonchev–Trinajstić information content (AvgIpc) is 3.13. The minimum atomic E-state index is -0.161. The highest BCUT2D eigenvalue weighted by Gasteiger charge is 2.19. The van der Waals surface area contributed by atoms with Crippen molar-refractivity contribution in [3.8, 4) is 34.1 Å². The summed E-state index contributed by atoms with van der Waals surface area (Å²) >= 11 is 0. The first-order valence-corrected chi connectivity index (χ1v) is 8.74. The molecule has 0 fully saturated rings. The summed E-state index contributed by atoms with van der Waals surface area (Å²) in [6, 6.07) is 25.1. The predicted molar refractivity (Wildman–Crippen MR) is 105 cm³/mol. The number of aliphatic hydroxyl groups excluding tert-OH is 1. The third-order valence-electron chi connectivity index (χ3n) is 4.31. The van der Waals surface area contributed by atoms with Crippen molar-refractivity contribution in [3.63, 3.8) is 0 Å². The topological polar surface area (TPSA) is 55.5 Å². The molecule has 4 heteroatoms. The highest BCUT2D eigenvalue weighted by molar-refractivity contribution is 5.73. The van der Waals surface area contributed by atoms with Gasteiger partial charge in [-0.05, 0) is 37.3 Å². The zero-order valence-electron chi connectivity index (χ0n) is 14.9. The second-order valence-corrected chi connectivity index (χ2v) is 6.31. The van der Waals surface area contributed by atoms with Crippen LogP contribution in [0.1, 0.15) is 11.1 Å². The molecule has 4 nitrogen and oxygen atoms in total. The molecule has 1 heterocycles. The molecule has 0 saturated carbocycles. The van der Waals surface area contributed by atoms with Gasteiger partial charge in [0.05, 0.1) is 12.2 Å². The lowest BCUT2D eigenvalue weighted by Crippen LogP contribution is -1.90. The predicted octanol–water partition coefficient (Wildman–Crippen LogP) is 5.60. The Hall–Kier alpha value is -3.37. The van der Waals surface area contributed by atoms with E-state index in [1.807, 2.05) is 85.8 Å². The SMILES string of the molecule is Cc1cccc(-c2onc(-c3cccc(Oc4ccccc4)c3)c2CO)c1. The summed E-state index contributed by atoms with van der Waals surface area (Å²) in [5, 5.41) is 14.2. The average molecular weight is 357 g/mol. The molecular formula is C23H19NO3. The maximum Gasteiger partial charge on any atom is 0.173 e. The fourth-order valence-electron chi connectivity index (χ4n) is 3.03. The maximum atomic E-state index is 9.95. The third-order valence-corrected chi connectivity index (χ3v) is 4.31. The summed E-state index contributed by atoms with van der Waals surface area (Å²) < 4.78 is 11.5. The number of aliphatic hydroxyl groups is 1. The van der Waals surface area contributed by atoms with Crippen molar-refractivity contribution in [1.29, 1.82) is 0 Å². The van der Waals surface area contributed by atoms with E-state index in [0.717, 1.165) is 22.4 Å². The van der Waals surface area contributed by atoms with Crippen molar-refractivity contribution in [2.45, 2.75) is 13.5 Å². The van der Waals surface area contributed by atoms with Crippen LogP contribution in [0.25, 0.3) is 22.6 Å². The van der Waals surface area contributed by atoms with E-state index in [4.69, 9.17) is 9.26 Å². The third kappa shape index (κ3) is 3.61. The van der Waals surface area contributed by atoms with Gasteiger partial charge in [-0.25, -0.2) is 0 Å². The van der Waals surface area contributed by atoms with Crippen LogP contribution in [-0.4, -0.2) is 10.3 Å². The van der Waals surface area contributed by atoms with Crippen LogP contribution >= 0.6 is 0 Å². The smallest absolute Gasteiger partial charge is 0.173 e. The molecule has 0 saturated heterocycles. The highest BCUT2D eigenvalue weighted by atomic mass is 16.5. The van der Waals surface area contributed by atoms with Gasteiger partial charge in [-0.3, -0.25) is 0 Å². The molecule has 0 aliphatic rings. The summed E-state index contributed by atoms with van der Waals surface area (Å²) in [5.74, 6) is 2.05. The molecule has 0 atom stereocenters. The molecule has 0 aliphatic carbocycles. The van der Waals surface area contributed by atoms with Crippen LogP contribution in [0, 0.1) is 6.92 Å². The van der Waals surface area contributed by atoms with Crippen LogP contribution < -0.4 is 4.74 Å². The van der Waals surface area contributed by atoms with Gasteiger partial charge in [-0.2, -0.15) is 0 Å². The van der Waals surface area contributed by atoms with Crippen molar-refractivity contribution in [3.05, 3.63) is 90.0 Å². The molecule has 0 aliphatic heterocycles. The lowest BCUT2D eigenvalue weighted by molar-refractivity contribution is 0.281. The van der Waals surface area contributed by atoms with Crippen LogP contribution in [0.3, 0.4) is 0 Å². The molecule has 0 unspecified atom stereocenters. The molecule has 0 radical (unpaired) electrons. The van der Waals surface area contributed by atoms with E-state index in [-0.39, 0.29) is 6.61 Å². The van der Waals surface area contributed by atoms with Gasteiger partial charge in [0.2, 0.25) is 0 Å². The van der Waals surface area contributed by atoms with Crippen LogP contribution in [0.15, 0.2) is 83.4 Å². The van der Waals surface area contributed by atoms with Gasteiger partial charge in [0.1, 0.15) is 17.2 Å². The second kappa shape index (κ2) is 7.48. The summed E-state index contributed by atoms with van der Waals surface area (Å²) in [7, 11) is 0. The number of para-hydroxylation sites is 1. The van der Waals surface area contributed by atoms with Gasteiger partial charge in [-0.15, -0.1) is 0 Å². The summed E-state index contributed by atoms with van der Waals surface area (Å²) in [4.78, 5) is 0. The van der Waals surface area contributed by atoms with Crippen LogP contribution in [0.2, 0.25) is 0 Å². The van der Waals surface area contributed by atoms with Crippen molar-refractivity contribution in [2.24, 2.45) is 0 Å². The Bertz CT molecular complexity index is 1050. The number of rotatable bonds is 5. The zero-order chi connectivity index (χ0) is 18.6. The fourth-order valence-corrected chi connectivity index (χ4v) is 3.03. The Morgan fingerprint density at radius 2 is 1.59 bits per heavy atom. The number of aryl methyl sites for hydroxylation is 1. The van der Waals surface area contributed by atoms with Crippen LogP contribution in [0.4, 0.5) is 0 Å². The molecule has 0 bridgehead atoms. The molecule has 4 rings (SSSR count). The first-order valence-electron chi connectivity index (χ1n) is 8.74. The molecule has 3 aromatic carbocycles. The Balaban J connectivity index is 1.71. The van der Waals surface area contributed by atoms with E-state index in [2.05, 4.69) is 5.16 Å². The monoisotopic (exact) mass is 357 g/mol. The molecule has 4 aromatic rings. The van der Waals surface area contributed by atoms with Crippen molar-refractivity contribution in [2.75, 3.05) is 0 Å². The van der Waals surface area contributed by atoms with E-state index < -0.39 is 0 Å². The zero-order valence-corrected chi connectivity index (χ0v) is 14.9. The normalized spacial score (nSPS) is 10.7. The van der Waals surface area contributed by atoms with Gasteiger partial charge < -0.3 is 14.4 Å². The van der Waals surface area contributed by atoms with E-state index in [1.165, 1.54) is 0 Å². The number of nitrogens with zero attached hydrogens (tertiary/aromatic N) is 1. The molecular weight excluding hydrogens is 338 g/mol. The molecule has 0 amide bonds. The quantitative estimate of drug-likeness (QED) is 0.505. The second-order valence-electron chi connectivity index (χ2n) is 6.31. The van der Waals surface area contributed by atoms with E-state index >= 15 is 0 Å². The summed E-state index contributed by atoms with van der Waals surface area (Å²) in [6.07, 6.45) is 0. The van der Waals surface area contributed by atoms with Crippen LogP contribution in [0.5, 0.6) is 11.5 Å². The van der Waals surface area contributed by atoms with Gasteiger partial charge in [0, 0.05) is 11.1 Å². The minimum Gasteiger partial charge on any atom is -0.457 e. The Kier molecular flexibility index (Phi) is 4.73. The fraction of sp³-hybridized carbons (Fsp3) is 0.0870. The minimum absolute atomic E-state index is 0.161. The van der Waals surface area contributed by atoms with Gasteiger partial charge in [0.25, 0.3) is 0 Å². The largest absolute Gasteiger partial charge is 0.457 e. The Morgan fingerprint density at radius 3 is 2.37 bits per heavy atom. The molecule has 27 heavy (non-hydrogen) atoms. The first-order chi connectivity index (χ1) is 13.2. The van der Waals surface area contributed by atoms with Crippen molar-refractivity contribution >= 4 is 0 Å². The van der Waals surface area contributed by atoms with Gasteiger partial charge >= 0.3 is 0 Å². The van der Waals surface area contributed by atoms with E-state index in [0.29, 0.717) is 22.8 Å². The number of ether oxygens (including phenoxy) is 1. The van der Waals surface area contributed by atoms with E-state index in [9.17, 15) is 5.11 Å². The van der Waals surface area contributed by atoms with Crippen LogP contribution in [-0.2, 0) is 6.61 Å². The number of aromatic nitrogens is 1. The first kappa shape index (κ1) is 17.1. The highest BCUT2D eigenvalue weighted by Crippen LogP contribution is 2.34. The van der Waals surface area contributed by atoms with Crippen molar-refractivity contribution < 1.29 is 14.4 Å². The Morgan fingerprint density at radius 1 is 0.852 bits per heavy atom. The number of hydrogen-bond donors (Lipinski definition) is 1. The maximum absolute atomic E-state index is 9.95. The molecule has 0 spiro atoms. The lowest BCUT2D eigenvalue weighted by Gasteiger charge is -2.07.